The van der Waals surface area contributed by atoms with Crippen molar-refractivity contribution in [2.45, 2.75) is 12.5 Å². The van der Waals surface area contributed by atoms with Crippen molar-refractivity contribution in [1.82, 2.24) is 4.90 Å². The molecule has 4 N–H and O–H groups in total. The highest BCUT2D eigenvalue weighted by Gasteiger charge is 2.20. The van der Waals surface area contributed by atoms with E-state index in [9.17, 15) is 19.8 Å². The van der Waals surface area contributed by atoms with Gasteiger partial charge in [0.1, 0.15) is 6.54 Å². The summed E-state index contributed by atoms with van der Waals surface area (Å²) in [6.45, 7) is -0.177. The van der Waals surface area contributed by atoms with Crippen molar-refractivity contribution in [3.63, 3.8) is 0 Å². The van der Waals surface area contributed by atoms with Gasteiger partial charge in [-0.2, -0.15) is 0 Å². The average Bonchev–Trinajstić information content (AvgIpc) is 2.41. The van der Waals surface area contributed by atoms with Crippen LogP contribution >= 0.6 is 12.4 Å². The Kier molecular flexibility index (Phi) is 7.54. The first-order valence-electron chi connectivity index (χ1n) is 5.93. The molecule has 0 saturated heterocycles. The number of likely N-dealkylation sites (N-methyl/N-ethyl adjacent to an activating group) is 1. The van der Waals surface area contributed by atoms with Crippen molar-refractivity contribution in [3.8, 4) is 11.5 Å². The normalized spacial score (nSPS) is 11.2. The number of esters is 1. The molecule has 0 aliphatic rings. The van der Waals surface area contributed by atoms with E-state index in [1.165, 1.54) is 31.2 Å². The third kappa shape index (κ3) is 5.49. The number of ether oxygens (including phenoxy) is 1. The average molecular weight is 319 g/mol. The van der Waals surface area contributed by atoms with E-state index in [1.54, 1.807) is 6.07 Å². The maximum atomic E-state index is 11.9. The maximum Gasteiger partial charge on any atom is 0.325 e. The van der Waals surface area contributed by atoms with Crippen LogP contribution in [-0.4, -0.2) is 53.7 Å². The molecule has 0 radical (unpaired) electrons. The molecule has 1 rings (SSSR count). The molecule has 1 atom stereocenters. The Labute approximate surface area is 128 Å². The molecule has 0 saturated carbocycles. The third-order valence-corrected chi connectivity index (χ3v) is 2.78. The molecule has 8 heteroatoms. The molecule has 0 spiro atoms. The summed E-state index contributed by atoms with van der Waals surface area (Å²) in [6.07, 6.45) is 0.179. The Morgan fingerprint density at radius 1 is 1.33 bits per heavy atom. The largest absolute Gasteiger partial charge is 0.504 e. The lowest BCUT2D eigenvalue weighted by Gasteiger charge is -2.20. The predicted molar refractivity (Wildman–Crippen MR) is 78.4 cm³/mol. The number of amides is 1. The number of hydrogen-bond donors (Lipinski definition) is 3. The van der Waals surface area contributed by atoms with Gasteiger partial charge in [-0.3, -0.25) is 9.59 Å². The van der Waals surface area contributed by atoms with E-state index >= 15 is 0 Å². The van der Waals surface area contributed by atoms with Gasteiger partial charge >= 0.3 is 5.97 Å². The fraction of sp³-hybridized carbons (Fsp3) is 0.385. The molecule has 1 amide bonds. The summed E-state index contributed by atoms with van der Waals surface area (Å²) in [5.41, 5.74) is 6.37. The molecule has 0 aliphatic heterocycles. The minimum atomic E-state index is -0.853. The molecule has 0 aliphatic carbocycles. The summed E-state index contributed by atoms with van der Waals surface area (Å²) in [5.74, 6) is -1.46. The molecule has 1 aromatic carbocycles. The van der Waals surface area contributed by atoms with Crippen LogP contribution in [0.2, 0.25) is 0 Å². The second kappa shape index (κ2) is 8.33. The SMILES string of the molecule is COC(=O)CN(C)C(=O)[C@@H](N)Cc1ccc(O)c(O)c1.Cl. The number of rotatable bonds is 5. The van der Waals surface area contributed by atoms with Gasteiger partial charge in [0.2, 0.25) is 5.91 Å². The molecule has 0 fully saturated rings. The lowest BCUT2D eigenvalue weighted by molar-refractivity contribution is -0.146. The fourth-order valence-electron chi connectivity index (χ4n) is 1.66. The minimum Gasteiger partial charge on any atom is -0.504 e. The van der Waals surface area contributed by atoms with Gasteiger partial charge in [0.05, 0.1) is 13.2 Å². The number of benzene rings is 1. The number of phenols is 2. The Balaban J connectivity index is 0.00000400. The first kappa shape index (κ1) is 19.0. The highest BCUT2D eigenvalue weighted by Crippen LogP contribution is 2.25. The molecule has 1 aromatic rings. The highest BCUT2D eigenvalue weighted by molar-refractivity contribution is 5.86. The Morgan fingerprint density at radius 3 is 2.48 bits per heavy atom. The monoisotopic (exact) mass is 318 g/mol. The Hall–Kier alpha value is -1.99. The number of halogens is 1. The number of hydrogen-bond acceptors (Lipinski definition) is 6. The van der Waals surface area contributed by atoms with E-state index < -0.39 is 17.9 Å². The van der Waals surface area contributed by atoms with Gasteiger partial charge in [0, 0.05) is 7.05 Å². The number of aromatic hydroxyl groups is 2. The van der Waals surface area contributed by atoms with E-state index in [-0.39, 0.29) is 36.9 Å². The van der Waals surface area contributed by atoms with E-state index in [2.05, 4.69) is 4.74 Å². The van der Waals surface area contributed by atoms with Gasteiger partial charge in [-0.15, -0.1) is 12.4 Å². The van der Waals surface area contributed by atoms with Gasteiger partial charge in [-0.05, 0) is 24.1 Å². The lowest BCUT2D eigenvalue weighted by atomic mass is 10.0. The predicted octanol–water partition coefficient (Wildman–Crippen LogP) is 0.0208. The Bertz CT molecular complexity index is 509. The van der Waals surface area contributed by atoms with Crippen molar-refractivity contribution in [2.24, 2.45) is 5.73 Å². The van der Waals surface area contributed by atoms with E-state index in [0.717, 1.165) is 0 Å². The first-order valence-corrected chi connectivity index (χ1v) is 5.93. The number of nitrogens with zero attached hydrogens (tertiary/aromatic N) is 1. The highest BCUT2D eigenvalue weighted by atomic mass is 35.5. The summed E-state index contributed by atoms with van der Waals surface area (Å²) >= 11 is 0. The first-order chi connectivity index (χ1) is 9.35. The molecule has 7 nitrogen and oxygen atoms in total. The van der Waals surface area contributed by atoms with Crippen LogP contribution in [0.4, 0.5) is 0 Å². The maximum absolute atomic E-state index is 11.9. The smallest absolute Gasteiger partial charge is 0.325 e. The number of carbonyl (C=O) groups excluding carboxylic acids is 2. The minimum absolute atomic E-state index is 0. The topological polar surface area (TPSA) is 113 Å². The summed E-state index contributed by atoms with van der Waals surface area (Å²) in [5, 5.41) is 18.6. The third-order valence-electron chi connectivity index (χ3n) is 2.78. The number of nitrogens with two attached hydrogens (primary N) is 1. The van der Waals surface area contributed by atoms with Gasteiger partial charge in [-0.25, -0.2) is 0 Å². The zero-order chi connectivity index (χ0) is 15.3. The van der Waals surface area contributed by atoms with Crippen molar-refractivity contribution in [2.75, 3.05) is 20.7 Å². The molecule has 0 bridgehead atoms. The second-order valence-corrected chi connectivity index (χ2v) is 4.40. The lowest BCUT2D eigenvalue weighted by Crippen LogP contribution is -2.45. The van der Waals surface area contributed by atoms with Crippen LogP contribution in [0.1, 0.15) is 5.56 Å². The van der Waals surface area contributed by atoms with Crippen LogP contribution in [-0.2, 0) is 20.7 Å². The molecule has 0 aromatic heterocycles. The zero-order valence-electron chi connectivity index (χ0n) is 11.8. The van der Waals surface area contributed by atoms with Crippen molar-refractivity contribution in [3.05, 3.63) is 23.8 Å². The van der Waals surface area contributed by atoms with Crippen LogP contribution in [0.5, 0.6) is 11.5 Å². The van der Waals surface area contributed by atoms with Gasteiger partial charge in [0.15, 0.2) is 11.5 Å². The van der Waals surface area contributed by atoms with Gasteiger partial charge in [0.25, 0.3) is 0 Å². The van der Waals surface area contributed by atoms with Crippen LogP contribution in [0.3, 0.4) is 0 Å². The van der Waals surface area contributed by atoms with Crippen LogP contribution in [0.15, 0.2) is 18.2 Å². The molecule has 118 valence electrons. The van der Waals surface area contributed by atoms with Crippen molar-refractivity contribution in [1.29, 1.82) is 0 Å². The van der Waals surface area contributed by atoms with E-state index in [0.29, 0.717) is 5.56 Å². The molecule has 0 unspecified atom stereocenters. The fourth-order valence-corrected chi connectivity index (χ4v) is 1.66. The molecular weight excluding hydrogens is 300 g/mol. The standard InChI is InChI=1S/C13H18N2O5.ClH/c1-15(7-12(18)20-2)13(19)9(14)5-8-3-4-10(16)11(17)6-8;/h3-4,6,9,16-17H,5,7,14H2,1-2H3;1H/t9-;/m0./s1. The van der Waals surface area contributed by atoms with Crippen LogP contribution in [0.25, 0.3) is 0 Å². The van der Waals surface area contributed by atoms with Gasteiger partial charge < -0.3 is 25.6 Å². The van der Waals surface area contributed by atoms with Gasteiger partial charge in [-0.1, -0.05) is 6.07 Å². The Morgan fingerprint density at radius 2 is 1.95 bits per heavy atom. The van der Waals surface area contributed by atoms with E-state index in [4.69, 9.17) is 5.73 Å². The summed E-state index contributed by atoms with van der Waals surface area (Å²) in [6, 6.07) is 3.36. The molecule has 0 heterocycles. The number of methoxy groups -OCH3 is 1. The van der Waals surface area contributed by atoms with E-state index in [1.807, 2.05) is 0 Å². The van der Waals surface area contributed by atoms with Crippen LogP contribution < -0.4 is 5.73 Å². The summed E-state index contributed by atoms with van der Waals surface area (Å²) in [7, 11) is 2.69. The molecule has 21 heavy (non-hydrogen) atoms. The zero-order valence-corrected chi connectivity index (χ0v) is 12.6. The number of phenolic OH excluding ortho intramolecular Hbond substituents is 2. The summed E-state index contributed by atoms with van der Waals surface area (Å²) < 4.78 is 4.46. The number of carbonyl (C=O) groups is 2. The summed E-state index contributed by atoms with van der Waals surface area (Å²) in [4.78, 5) is 24.2. The van der Waals surface area contributed by atoms with Crippen molar-refractivity contribution >= 4 is 24.3 Å². The van der Waals surface area contributed by atoms with Crippen molar-refractivity contribution < 1.29 is 24.5 Å². The molecular formula is C13H19ClN2O5. The second-order valence-electron chi connectivity index (χ2n) is 4.40. The quantitative estimate of drug-likeness (QED) is 0.521. The van der Waals surface area contributed by atoms with Crippen LogP contribution in [0, 0.1) is 0 Å².